The highest BCUT2D eigenvalue weighted by Crippen LogP contribution is 2.44. The molecule has 0 aromatic rings. The largest absolute Gasteiger partial charge is 0.480 e. The van der Waals surface area contributed by atoms with E-state index in [0.29, 0.717) is 6.08 Å². The molecule has 0 saturated carbocycles. The van der Waals surface area contributed by atoms with Crippen molar-refractivity contribution in [2.45, 2.75) is 9.62 Å². The molecule has 0 saturated heterocycles. The maximum atomic E-state index is 11.5. The zero-order chi connectivity index (χ0) is 17.8. The first-order valence-electron chi connectivity index (χ1n) is 4.87. The molecule has 1 aliphatic rings. The molecule has 2 unspecified atom stereocenters. The van der Waals surface area contributed by atoms with Crippen LogP contribution < -0.4 is 5.73 Å². The summed E-state index contributed by atoms with van der Waals surface area (Å²) in [7, 11) is -17.6. The van der Waals surface area contributed by atoms with E-state index in [2.05, 4.69) is 0 Å². The van der Waals surface area contributed by atoms with Gasteiger partial charge in [-0.3, -0.25) is 13.7 Å². The summed E-state index contributed by atoms with van der Waals surface area (Å²) >= 11 is 0. The predicted octanol–water partition coefficient (Wildman–Crippen LogP) is -2.42. The van der Waals surface area contributed by atoms with Gasteiger partial charge in [-0.1, -0.05) is 6.08 Å². The van der Waals surface area contributed by atoms with Gasteiger partial charge in [0, 0.05) is 0 Å². The summed E-state index contributed by atoms with van der Waals surface area (Å²) in [5.41, 5.74) is 5.13. The number of nitrogens with two attached hydrogens (primary N) is 1. The smallest absolute Gasteiger partial charge is 0.336 e. The van der Waals surface area contributed by atoms with E-state index in [-0.39, 0.29) is 12.2 Å². The topological polar surface area (TPSA) is 226 Å². The molecule has 15 heteroatoms. The van der Waals surface area contributed by atoms with E-state index < -0.39 is 50.8 Å². The quantitative estimate of drug-likeness (QED) is 0.321. The van der Waals surface area contributed by atoms with Crippen molar-refractivity contribution in [1.82, 2.24) is 0 Å². The standard InChI is InChI=1S/C7H9NO11S3/c8-6(21(14,15)16)3-1-2-4(20(11,12)13)7(6,5(9)10)22(17,18)19/h1-3H,8H2,(H,9,10)(H,11,12,13)(H,14,15,16)(H,17,18,19). The molecular weight excluding hydrogens is 370 g/mol. The van der Waals surface area contributed by atoms with Crippen molar-refractivity contribution in [3.8, 4) is 0 Å². The SMILES string of the molecule is NC1(S(=O)(=O)O)C=CC=C(S(=O)(=O)O)C1(C(=O)O)S(=O)(=O)O. The minimum Gasteiger partial charge on any atom is -0.480 e. The third-order valence-electron chi connectivity index (χ3n) is 2.88. The van der Waals surface area contributed by atoms with Crippen molar-refractivity contribution in [3.05, 3.63) is 23.1 Å². The second-order valence-corrected chi connectivity index (χ2v) is 8.67. The molecule has 0 spiro atoms. The van der Waals surface area contributed by atoms with E-state index in [1.807, 2.05) is 0 Å². The molecule has 12 nitrogen and oxygen atoms in total. The van der Waals surface area contributed by atoms with Gasteiger partial charge in [0.05, 0.1) is 0 Å². The first kappa shape index (κ1) is 18.7. The molecule has 126 valence electrons. The highest BCUT2D eigenvalue weighted by Gasteiger charge is 2.74. The number of carbonyl (C=O) groups is 1. The van der Waals surface area contributed by atoms with E-state index in [0.717, 1.165) is 0 Å². The first-order chi connectivity index (χ1) is 9.53. The maximum absolute atomic E-state index is 11.5. The fourth-order valence-corrected chi connectivity index (χ4v) is 5.98. The molecule has 1 rings (SSSR count). The van der Waals surface area contributed by atoms with E-state index in [9.17, 15) is 34.6 Å². The van der Waals surface area contributed by atoms with Crippen LogP contribution in [0.2, 0.25) is 0 Å². The van der Waals surface area contributed by atoms with Gasteiger partial charge in [0.2, 0.25) is 4.87 Å². The molecule has 0 radical (unpaired) electrons. The predicted molar refractivity (Wildman–Crippen MR) is 69.2 cm³/mol. The van der Waals surface area contributed by atoms with Gasteiger partial charge in [0.25, 0.3) is 35.1 Å². The summed E-state index contributed by atoms with van der Waals surface area (Å²) in [6.07, 6.45) is 0.815. The summed E-state index contributed by atoms with van der Waals surface area (Å²) < 4.78 is 91.3. The van der Waals surface area contributed by atoms with Crippen LogP contribution in [0.15, 0.2) is 23.1 Å². The van der Waals surface area contributed by atoms with Crippen molar-refractivity contribution in [2.24, 2.45) is 5.73 Å². The van der Waals surface area contributed by atoms with Crippen LogP contribution in [-0.4, -0.2) is 59.6 Å². The van der Waals surface area contributed by atoms with Gasteiger partial charge in [-0.2, -0.15) is 25.3 Å². The zero-order valence-electron chi connectivity index (χ0n) is 10.2. The number of rotatable bonds is 4. The highest BCUT2D eigenvalue weighted by molar-refractivity contribution is 7.96. The molecule has 22 heavy (non-hydrogen) atoms. The van der Waals surface area contributed by atoms with Crippen LogP contribution in [0, 0.1) is 0 Å². The zero-order valence-corrected chi connectivity index (χ0v) is 12.6. The Hall–Kier alpha value is -1.36. The minimum atomic E-state index is -6.13. The highest BCUT2D eigenvalue weighted by atomic mass is 32.2. The molecule has 0 bridgehead atoms. The molecule has 0 fully saturated rings. The Morgan fingerprint density at radius 1 is 1.00 bits per heavy atom. The lowest BCUT2D eigenvalue weighted by molar-refractivity contribution is -0.139. The van der Waals surface area contributed by atoms with E-state index in [1.165, 1.54) is 0 Å². The summed E-state index contributed by atoms with van der Waals surface area (Å²) in [5.74, 6) is -2.76. The average Bonchev–Trinajstić information content (AvgIpc) is 2.23. The lowest BCUT2D eigenvalue weighted by Gasteiger charge is -2.40. The molecular formula is C7H9NO11S3. The molecule has 0 aliphatic heterocycles. The van der Waals surface area contributed by atoms with Gasteiger partial charge in [-0.05, 0) is 12.2 Å². The molecule has 0 aromatic heterocycles. The molecule has 2 atom stereocenters. The maximum Gasteiger partial charge on any atom is 0.336 e. The summed E-state index contributed by atoms with van der Waals surface area (Å²) in [6.45, 7) is 0. The van der Waals surface area contributed by atoms with Gasteiger partial charge in [0.15, 0.2) is 0 Å². The van der Waals surface area contributed by atoms with E-state index >= 15 is 0 Å². The lowest BCUT2D eigenvalue weighted by atomic mass is 9.93. The second kappa shape index (κ2) is 4.82. The number of hydrogen-bond donors (Lipinski definition) is 5. The van der Waals surface area contributed by atoms with Crippen molar-refractivity contribution < 1.29 is 48.8 Å². The van der Waals surface area contributed by atoms with E-state index in [4.69, 9.17) is 19.9 Å². The summed E-state index contributed by atoms with van der Waals surface area (Å²) in [5, 5.41) is 9.11. The Labute approximate surface area is 124 Å². The Morgan fingerprint density at radius 2 is 1.45 bits per heavy atom. The number of carboxylic acid groups (broad SMARTS) is 1. The Bertz CT molecular complexity index is 893. The van der Waals surface area contributed by atoms with Gasteiger partial charge < -0.3 is 10.8 Å². The van der Waals surface area contributed by atoms with Crippen molar-refractivity contribution >= 4 is 36.3 Å². The molecule has 0 aromatic carbocycles. The molecule has 1 aliphatic carbocycles. The van der Waals surface area contributed by atoms with Crippen LogP contribution in [0.1, 0.15) is 0 Å². The lowest BCUT2D eigenvalue weighted by Crippen LogP contribution is -2.73. The number of aliphatic carboxylic acids is 1. The Kier molecular flexibility index (Phi) is 4.09. The van der Waals surface area contributed by atoms with Crippen LogP contribution in [0.3, 0.4) is 0 Å². The first-order valence-corrected chi connectivity index (χ1v) is 9.19. The monoisotopic (exact) mass is 379 g/mol. The number of hydrogen-bond acceptors (Lipinski definition) is 8. The molecule has 0 amide bonds. The summed E-state index contributed by atoms with van der Waals surface area (Å²) in [6, 6.07) is 0. The fourth-order valence-electron chi connectivity index (χ4n) is 1.95. The minimum absolute atomic E-state index is 0.138. The van der Waals surface area contributed by atoms with E-state index in [1.54, 1.807) is 0 Å². The fraction of sp³-hybridized carbons (Fsp3) is 0.286. The van der Waals surface area contributed by atoms with Crippen LogP contribution in [0.5, 0.6) is 0 Å². The third kappa shape index (κ3) is 2.26. The van der Waals surface area contributed by atoms with Crippen LogP contribution in [0.4, 0.5) is 0 Å². The van der Waals surface area contributed by atoms with Crippen LogP contribution in [0.25, 0.3) is 0 Å². The van der Waals surface area contributed by atoms with Gasteiger partial charge >= 0.3 is 5.97 Å². The molecule has 0 heterocycles. The van der Waals surface area contributed by atoms with Gasteiger partial charge in [-0.25, -0.2) is 4.79 Å². The Morgan fingerprint density at radius 3 is 1.73 bits per heavy atom. The Balaban J connectivity index is 4.25. The van der Waals surface area contributed by atoms with Crippen molar-refractivity contribution in [3.63, 3.8) is 0 Å². The van der Waals surface area contributed by atoms with Gasteiger partial charge in [-0.15, -0.1) is 0 Å². The second-order valence-electron chi connectivity index (χ2n) is 4.09. The number of carboxylic acids is 1. The summed E-state index contributed by atoms with van der Waals surface area (Å²) in [4.78, 5) is 5.60. The number of allylic oxidation sites excluding steroid dienone is 2. The average molecular weight is 379 g/mol. The molecule has 6 N–H and O–H groups in total. The normalized spacial score (nSPS) is 29.9. The van der Waals surface area contributed by atoms with Crippen molar-refractivity contribution in [1.29, 1.82) is 0 Å². The van der Waals surface area contributed by atoms with Crippen LogP contribution in [-0.2, 0) is 35.1 Å². The van der Waals surface area contributed by atoms with Crippen LogP contribution >= 0.6 is 0 Å². The van der Waals surface area contributed by atoms with Gasteiger partial charge in [0.1, 0.15) is 4.91 Å². The third-order valence-corrected chi connectivity index (χ3v) is 6.94. The van der Waals surface area contributed by atoms with Crippen molar-refractivity contribution in [2.75, 3.05) is 0 Å².